The first kappa shape index (κ1) is 34.2. The van der Waals surface area contributed by atoms with Crippen molar-refractivity contribution in [1.29, 1.82) is 0 Å². The summed E-state index contributed by atoms with van der Waals surface area (Å²) in [5.41, 5.74) is 16.8. The molecule has 0 saturated carbocycles. The fraction of sp³-hybridized carbons (Fsp3) is 0.385. The third-order valence-electron chi connectivity index (χ3n) is 6.97. The zero-order valence-corrected chi connectivity index (χ0v) is 26.2. The molecule has 1 saturated heterocycles. The van der Waals surface area contributed by atoms with Gasteiger partial charge in [0.1, 0.15) is 18.1 Å². The summed E-state index contributed by atoms with van der Waals surface area (Å²) in [6.07, 6.45) is 0.363. The van der Waals surface area contributed by atoms with E-state index in [0.717, 1.165) is 23.3 Å². The van der Waals surface area contributed by atoms with Gasteiger partial charge in [-0.2, -0.15) is 13.5 Å². The fourth-order valence-electron chi connectivity index (χ4n) is 4.45. The van der Waals surface area contributed by atoms with Gasteiger partial charge in [-0.15, -0.1) is 15.6 Å². The van der Waals surface area contributed by atoms with Crippen LogP contribution in [0.3, 0.4) is 0 Å². The van der Waals surface area contributed by atoms with Crippen molar-refractivity contribution in [1.82, 2.24) is 19.6 Å². The number of aliphatic carboxylic acids is 1. The number of oxime groups is 1. The van der Waals surface area contributed by atoms with Crippen LogP contribution >= 0.6 is 11.3 Å². The second-order valence-electron chi connectivity index (χ2n) is 10.6. The van der Waals surface area contributed by atoms with Crippen molar-refractivity contribution in [3.05, 3.63) is 41.5 Å². The second-order valence-corrected chi connectivity index (χ2v) is 12.5. The summed E-state index contributed by atoms with van der Waals surface area (Å²) in [6.45, 7) is 3.47. The third kappa shape index (κ3) is 7.95. The monoisotopic (exact) mass is 680 g/mol. The van der Waals surface area contributed by atoms with Gasteiger partial charge >= 0.3 is 16.4 Å². The molecule has 2 atom stereocenters. The average Bonchev–Trinajstić information content (AvgIpc) is 3.59. The Bertz CT molecular complexity index is 1740. The molecule has 0 spiro atoms. The predicted molar refractivity (Wildman–Crippen MR) is 163 cm³/mol. The van der Waals surface area contributed by atoms with E-state index < -0.39 is 64.4 Å². The first-order valence-corrected chi connectivity index (χ1v) is 15.8. The largest absolute Gasteiger partial charge is 0.489 e. The summed E-state index contributed by atoms with van der Waals surface area (Å²) >= 11 is 0.978. The van der Waals surface area contributed by atoms with Crippen molar-refractivity contribution in [2.75, 3.05) is 24.6 Å². The fourth-order valence-corrected chi connectivity index (χ4v) is 5.45. The Hall–Kier alpha value is -4.63. The van der Waals surface area contributed by atoms with Crippen LogP contribution < -0.4 is 21.9 Å². The number of carboxylic acid groups (broad SMARTS) is 1. The van der Waals surface area contributed by atoms with Crippen LogP contribution in [0.25, 0.3) is 11.3 Å². The molecule has 1 fully saturated rings. The lowest BCUT2D eigenvalue weighted by atomic mass is 9.74. The SMILES string of the molecule is CC1(C)[C@H](CC(=O)/C(=N\O[C@@H](COc2ccc(-c3cn(CCCN)c(N)n3)cc2)C(=O)O)c2csc(N)n2)C(=O)N1OS(=O)(=O)O. The van der Waals surface area contributed by atoms with Crippen LogP contribution in [0, 0.1) is 5.92 Å². The van der Waals surface area contributed by atoms with Gasteiger partial charge in [0.05, 0.1) is 17.2 Å². The standard InChI is InChI=1S/C26H32N8O10S2/c1-26(2)16(22(36)34(26)44-46(39,40)41)10-19(35)21(18-13-45-25(29)31-18)32-43-20(23(37)38)12-42-15-6-4-14(5-7-15)17-11-33(9-3-8-27)24(28)30-17/h4-7,11,13,16,20H,3,8-10,12,27H2,1-2H3,(H2,28,30)(H2,29,31)(H,37,38)(H,39,40,41)/b32-21-/t16-,20+/m1/s1. The minimum atomic E-state index is -4.99. The van der Waals surface area contributed by atoms with Gasteiger partial charge in [-0.25, -0.2) is 14.8 Å². The minimum absolute atomic E-state index is 0.0325. The number of ether oxygens (including phenoxy) is 1. The zero-order valence-electron chi connectivity index (χ0n) is 24.6. The lowest BCUT2D eigenvalue weighted by Gasteiger charge is -2.50. The van der Waals surface area contributed by atoms with E-state index in [-0.39, 0.29) is 10.8 Å². The molecule has 0 bridgehead atoms. The molecule has 3 aromatic rings. The number of hydroxylamine groups is 2. The number of benzene rings is 1. The number of nitrogens with two attached hydrogens (primary N) is 3. The summed E-state index contributed by atoms with van der Waals surface area (Å²) in [4.78, 5) is 51.4. The van der Waals surface area contributed by atoms with Gasteiger partial charge in [-0.05, 0) is 51.1 Å². The molecule has 1 aliphatic heterocycles. The normalized spacial score (nSPS) is 17.0. The number of carboxylic acids is 1. The summed E-state index contributed by atoms with van der Waals surface area (Å²) < 4.78 is 42.9. The predicted octanol–water partition coefficient (Wildman–Crippen LogP) is 0.703. The van der Waals surface area contributed by atoms with E-state index in [4.69, 9.17) is 31.3 Å². The number of aromatic nitrogens is 3. The number of Topliss-reactive ketones (excluding diaryl/α,β-unsaturated/α-hetero) is 1. The molecular weight excluding hydrogens is 648 g/mol. The van der Waals surface area contributed by atoms with Crippen molar-refractivity contribution < 1.29 is 46.3 Å². The van der Waals surface area contributed by atoms with Gasteiger partial charge < -0.3 is 36.4 Å². The highest BCUT2D eigenvalue weighted by Crippen LogP contribution is 2.40. The molecule has 46 heavy (non-hydrogen) atoms. The van der Waals surface area contributed by atoms with Gasteiger partial charge in [-0.1, -0.05) is 5.16 Å². The number of nitrogen functional groups attached to an aromatic ring is 2. The highest BCUT2D eigenvalue weighted by Gasteiger charge is 2.57. The molecule has 1 aliphatic rings. The van der Waals surface area contributed by atoms with Crippen LogP contribution in [0.4, 0.5) is 11.1 Å². The highest BCUT2D eigenvalue weighted by atomic mass is 32.3. The van der Waals surface area contributed by atoms with E-state index in [2.05, 4.69) is 19.4 Å². The number of anilines is 2. The number of imidazole rings is 1. The number of rotatable bonds is 16. The smallest absolute Gasteiger partial charge is 0.418 e. The van der Waals surface area contributed by atoms with Crippen LogP contribution in [-0.4, -0.2) is 85.8 Å². The molecule has 2 aromatic heterocycles. The summed E-state index contributed by atoms with van der Waals surface area (Å²) in [6, 6.07) is 6.64. The Labute approximate surface area is 266 Å². The van der Waals surface area contributed by atoms with E-state index in [9.17, 15) is 27.9 Å². The maximum Gasteiger partial charge on any atom is 0.418 e. The molecular formula is C26H32N8O10S2. The average molecular weight is 681 g/mol. The lowest BCUT2D eigenvalue weighted by Crippen LogP contribution is -2.68. The van der Waals surface area contributed by atoms with Gasteiger partial charge in [0.15, 0.2) is 16.6 Å². The number of thiazole rings is 1. The molecule has 8 N–H and O–H groups in total. The number of nitrogens with zero attached hydrogens (tertiary/aromatic N) is 5. The van der Waals surface area contributed by atoms with Crippen molar-refractivity contribution >= 4 is 56.2 Å². The van der Waals surface area contributed by atoms with Crippen LogP contribution in [-0.2, 0) is 40.4 Å². The topological polar surface area (TPSA) is 278 Å². The van der Waals surface area contributed by atoms with Crippen LogP contribution in [0.15, 0.2) is 41.0 Å². The van der Waals surface area contributed by atoms with Crippen LogP contribution in [0.2, 0.25) is 0 Å². The number of hydrogen-bond acceptors (Lipinski definition) is 15. The number of β-lactam (4-membered cyclic amide) rings is 1. The summed E-state index contributed by atoms with van der Waals surface area (Å²) in [5, 5.41) is 15.4. The number of aryl methyl sites for hydroxylation is 1. The van der Waals surface area contributed by atoms with E-state index in [1.165, 1.54) is 19.2 Å². The maximum atomic E-state index is 13.3. The van der Waals surface area contributed by atoms with E-state index in [0.29, 0.717) is 35.5 Å². The Balaban J connectivity index is 1.44. The van der Waals surface area contributed by atoms with Crippen LogP contribution in [0.5, 0.6) is 5.75 Å². The molecule has 4 rings (SSSR count). The number of ketones is 1. The maximum absolute atomic E-state index is 13.3. The zero-order chi connectivity index (χ0) is 33.8. The van der Waals surface area contributed by atoms with E-state index in [1.807, 2.05) is 0 Å². The quantitative estimate of drug-likeness (QED) is 0.0603. The molecule has 20 heteroatoms. The number of carbonyl (C=O) groups is 3. The van der Waals surface area contributed by atoms with Gasteiger partial charge in [0.2, 0.25) is 5.95 Å². The van der Waals surface area contributed by atoms with Crippen molar-refractivity contribution in [3.63, 3.8) is 0 Å². The molecule has 0 radical (unpaired) electrons. The van der Waals surface area contributed by atoms with Crippen molar-refractivity contribution in [2.24, 2.45) is 16.8 Å². The summed E-state index contributed by atoms with van der Waals surface area (Å²) in [5.74, 6) is -3.54. The van der Waals surface area contributed by atoms with Gasteiger partial charge in [-0.3, -0.25) is 14.1 Å². The van der Waals surface area contributed by atoms with Gasteiger partial charge in [0, 0.05) is 30.1 Å². The first-order chi connectivity index (χ1) is 21.6. The minimum Gasteiger partial charge on any atom is -0.489 e. The highest BCUT2D eigenvalue weighted by molar-refractivity contribution is 7.80. The second kappa shape index (κ2) is 13.8. The Morgan fingerprint density at radius 1 is 1.20 bits per heavy atom. The number of amides is 1. The van der Waals surface area contributed by atoms with Crippen molar-refractivity contribution in [2.45, 2.75) is 44.9 Å². The molecule has 3 heterocycles. The summed E-state index contributed by atoms with van der Waals surface area (Å²) in [7, 11) is -4.99. The Morgan fingerprint density at radius 3 is 2.46 bits per heavy atom. The Morgan fingerprint density at radius 2 is 1.89 bits per heavy atom. The van der Waals surface area contributed by atoms with E-state index in [1.54, 1.807) is 35.0 Å². The first-order valence-electron chi connectivity index (χ1n) is 13.6. The molecule has 0 aliphatic carbocycles. The molecule has 1 amide bonds. The molecule has 18 nitrogen and oxygen atoms in total. The lowest BCUT2D eigenvalue weighted by molar-refractivity contribution is -0.228. The van der Waals surface area contributed by atoms with Crippen molar-refractivity contribution in [3.8, 4) is 17.0 Å². The van der Waals surface area contributed by atoms with E-state index >= 15 is 0 Å². The molecule has 1 aromatic carbocycles. The Kier molecular flexibility index (Phi) is 10.3. The molecule has 0 unspecified atom stereocenters. The molecule has 248 valence electrons. The number of hydrogen-bond donors (Lipinski definition) is 5. The van der Waals surface area contributed by atoms with Gasteiger partial charge in [0.25, 0.3) is 12.0 Å². The number of carbonyl (C=O) groups excluding carboxylic acids is 2. The van der Waals surface area contributed by atoms with Crippen LogP contribution in [0.1, 0.15) is 32.4 Å². The third-order valence-corrected chi connectivity index (χ3v) is 7.98.